The van der Waals surface area contributed by atoms with Crippen LogP contribution in [0.4, 0.5) is 5.82 Å². The first-order valence-corrected chi connectivity index (χ1v) is 7.82. The first-order valence-electron chi connectivity index (χ1n) is 7.41. The summed E-state index contributed by atoms with van der Waals surface area (Å²) in [6, 6.07) is 5.19. The number of hydrogen-bond acceptors (Lipinski definition) is 4. The molecule has 2 atom stereocenters. The van der Waals surface area contributed by atoms with E-state index >= 15 is 0 Å². The number of fused-ring (bicyclic) bond motifs is 1. The molecule has 0 bridgehead atoms. The Balaban J connectivity index is 1.70. The fourth-order valence-corrected chi connectivity index (χ4v) is 3.57. The van der Waals surface area contributed by atoms with Gasteiger partial charge in [-0.25, -0.2) is 4.98 Å². The summed E-state index contributed by atoms with van der Waals surface area (Å²) >= 11 is 5.06. The van der Waals surface area contributed by atoms with E-state index in [4.69, 9.17) is 18.0 Å². The zero-order valence-corrected chi connectivity index (χ0v) is 12.7. The fraction of sp³-hybridized carbons (Fsp3) is 0.600. The number of aromatic nitrogens is 1. The van der Waals surface area contributed by atoms with Crippen molar-refractivity contribution in [2.24, 2.45) is 5.73 Å². The Hall–Kier alpha value is -1.20. The van der Waals surface area contributed by atoms with Gasteiger partial charge < -0.3 is 16.0 Å². The summed E-state index contributed by atoms with van der Waals surface area (Å²) in [5.41, 5.74) is 7.58. The van der Waals surface area contributed by atoms with E-state index in [-0.39, 0.29) is 0 Å². The molecule has 0 amide bonds. The van der Waals surface area contributed by atoms with Gasteiger partial charge in [-0.15, -0.1) is 0 Å². The molecule has 4 nitrogen and oxygen atoms in total. The molecule has 2 saturated heterocycles. The number of nitrogens with two attached hydrogens (primary N) is 1. The second kappa shape index (κ2) is 5.66. The highest BCUT2D eigenvalue weighted by molar-refractivity contribution is 7.80. The standard InChI is InChI=1S/C15H22N4S/c1-10-7-11(15(16)20)8-14(17-10)18-12-4-6-19-5-2-3-13(19)9-12/h7-8,12-13H,2-6,9H2,1H3,(H2,16,20)(H,17,18). The summed E-state index contributed by atoms with van der Waals surface area (Å²) in [4.78, 5) is 7.62. The van der Waals surface area contributed by atoms with Gasteiger partial charge in [0.15, 0.2) is 0 Å². The Morgan fingerprint density at radius 1 is 1.40 bits per heavy atom. The van der Waals surface area contributed by atoms with E-state index in [1.807, 2.05) is 19.1 Å². The first-order chi connectivity index (χ1) is 9.61. The van der Waals surface area contributed by atoms with Crippen LogP contribution in [0.25, 0.3) is 0 Å². The van der Waals surface area contributed by atoms with Gasteiger partial charge in [0, 0.05) is 29.9 Å². The minimum absolute atomic E-state index is 0.434. The van der Waals surface area contributed by atoms with Crippen LogP contribution in [0.2, 0.25) is 0 Å². The second-order valence-electron chi connectivity index (χ2n) is 5.94. The average molecular weight is 290 g/mol. The molecule has 2 aliphatic heterocycles. The fourth-order valence-electron chi connectivity index (χ4n) is 3.45. The van der Waals surface area contributed by atoms with E-state index in [2.05, 4.69) is 15.2 Å². The summed E-state index contributed by atoms with van der Waals surface area (Å²) in [6.45, 7) is 4.47. The summed E-state index contributed by atoms with van der Waals surface area (Å²) in [5, 5.41) is 3.58. The topological polar surface area (TPSA) is 54.2 Å². The van der Waals surface area contributed by atoms with Crippen LogP contribution < -0.4 is 11.1 Å². The molecular weight excluding hydrogens is 268 g/mol. The van der Waals surface area contributed by atoms with Crippen LogP contribution in [0.3, 0.4) is 0 Å². The average Bonchev–Trinajstić information content (AvgIpc) is 2.85. The third-order valence-corrected chi connectivity index (χ3v) is 4.65. The van der Waals surface area contributed by atoms with E-state index < -0.39 is 0 Å². The number of aryl methyl sites for hydroxylation is 1. The molecule has 3 heterocycles. The van der Waals surface area contributed by atoms with E-state index in [1.54, 1.807) is 0 Å². The molecule has 0 aliphatic carbocycles. The van der Waals surface area contributed by atoms with Crippen molar-refractivity contribution in [3.05, 3.63) is 23.4 Å². The molecule has 108 valence electrons. The van der Waals surface area contributed by atoms with Crippen molar-refractivity contribution >= 4 is 23.0 Å². The molecule has 0 saturated carbocycles. The van der Waals surface area contributed by atoms with E-state index in [9.17, 15) is 0 Å². The highest BCUT2D eigenvalue weighted by Gasteiger charge is 2.31. The zero-order valence-electron chi connectivity index (χ0n) is 11.9. The molecule has 20 heavy (non-hydrogen) atoms. The zero-order chi connectivity index (χ0) is 14.1. The lowest BCUT2D eigenvalue weighted by Crippen LogP contribution is -2.42. The molecular formula is C15H22N4S. The monoisotopic (exact) mass is 290 g/mol. The maximum atomic E-state index is 5.72. The van der Waals surface area contributed by atoms with Crippen molar-refractivity contribution in [1.82, 2.24) is 9.88 Å². The van der Waals surface area contributed by atoms with Gasteiger partial charge in [0.05, 0.1) is 0 Å². The van der Waals surface area contributed by atoms with Crippen molar-refractivity contribution < 1.29 is 0 Å². The predicted molar refractivity (Wildman–Crippen MR) is 86.1 cm³/mol. The highest BCUT2D eigenvalue weighted by atomic mass is 32.1. The number of piperidine rings is 1. The number of pyridine rings is 1. The van der Waals surface area contributed by atoms with Crippen molar-refractivity contribution in [2.45, 2.75) is 44.7 Å². The van der Waals surface area contributed by atoms with Crippen LogP contribution in [0.5, 0.6) is 0 Å². The van der Waals surface area contributed by atoms with Gasteiger partial charge in [-0.2, -0.15) is 0 Å². The van der Waals surface area contributed by atoms with Crippen LogP contribution in [0.1, 0.15) is 36.9 Å². The molecule has 0 aromatic carbocycles. The van der Waals surface area contributed by atoms with Crippen molar-refractivity contribution in [3.63, 3.8) is 0 Å². The van der Waals surface area contributed by atoms with Gasteiger partial charge in [-0.05, 0) is 51.3 Å². The summed E-state index contributed by atoms with van der Waals surface area (Å²) in [5.74, 6) is 0.907. The third-order valence-electron chi connectivity index (χ3n) is 4.41. The van der Waals surface area contributed by atoms with Gasteiger partial charge in [-0.1, -0.05) is 12.2 Å². The highest BCUT2D eigenvalue weighted by Crippen LogP contribution is 2.28. The number of thiocarbonyl (C=S) groups is 1. The number of nitrogens with zero attached hydrogens (tertiary/aromatic N) is 2. The normalized spacial score (nSPS) is 26.2. The summed E-state index contributed by atoms with van der Waals surface area (Å²) < 4.78 is 0. The lowest BCUT2D eigenvalue weighted by Gasteiger charge is -2.35. The van der Waals surface area contributed by atoms with Crippen LogP contribution >= 0.6 is 12.2 Å². The number of nitrogens with one attached hydrogen (secondary N) is 1. The van der Waals surface area contributed by atoms with Crippen LogP contribution in [0.15, 0.2) is 12.1 Å². The number of hydrogen-bond donors (Lipinski definition) is 2. The first kappa shape index (κ1) is 13.8. The maximum Gasteiger partial charge on any atom is 0.127 e. The predicted octanol–water partition coefficient (Wildman–Crippen LogP) is 2.06. The molecule has 3 N–H and O–H groups in total. The summed E-state index contributed by atoms with van der Waals surface area (Å²) in [7, 11) is 0. The van der Waals surface area contributed by atoms with Crippen LogP contribution in [-0.2, 0) is 0 Å². The Morgan fingerprint density at radius 3 is 3.05 bits per heavy atom. The molecule has 2 unspecified atom stereocenters. The molecule has 5 heteroatoms. The Morgan fingerprint density at radius 2 is 2.25 bits per heavy atom. The number of rotatable bonds is 3. The third kappa shape index (κ3) is 2.94. The molecule has 2 aliphatic rings. The molecule has 1 aromatic rings. The lowest BCUT2D eigenvalue weighted by atomic mass is 9.97. The maximum absolute atomic E-state index is 5.72. The van der Waals surface area contributed by atoms with Gasteiger partial charge in [0.1, 0.15) is 10.8 Å². The van der Waals surface area contributed by atoms with Gasteiger partial charge in [0.2, 0.25) is 0 Å². The molecule has 0 spiro atoms. The van der Waals surface area contributed by atoms with Gasteiger partial charge in [-0.3, -0.25) is 0 Å². The minimum Gasteiger partial charge on any atom is -0.389 e. The van der Waals surface area contributed by atoms with Crippen molar-refractivity contribution in [3.8, 4) is 0 Å². The molecule has 3 rings (SSSR count). The second-order valence-corrected chi connectivity index (χ2v) is 6.38. The molecule has 2 fully saturated rings. The van der Waals surface area contributed by atoms with Gasteiger partial charge >= 0.3 is 0 Å². The Kier molecular flexibility index (Phi) is 3.89. The van der Waals surface area contributed by atoms with Crippen molar-refractivity contribution in [1.29, 1.82) is 0 Å². The van der Waals surface area contributed by atoms with Gasteiger partial charge in [0.25, 0.3) is 0 Å². The molecule has 1 aromatic heterocycles. The number of anilines is 1. The van der Waals surface area contributed by atoms with E-state index in [1.165, 1.54) is 38.8 Å². The molecule has 0 radical (unpaired) electrons. The lowest BCUT2D eigenvalue weighted by molar-refractivity contribution is 0.188. The Bertz CT molecular complexity index is 517. The Labute approximate surface area is 125 Å². The quantitative estimate of drug-likeness (QED) is 0.835. The van der Waals surface area contributed by atoms with E-state index in [0.717, 1.165) is 23.1 Å². The van der Waals surface area contributed by atoms with Crippen molar-refractivity contribution in [2.75, 3.05) is 18.4 Å². The largest absolute Gasteiger partial charge is 0.389 e. The smallest absolute Gasteiger partial charge is 0.127 e. The van der Waals surface area contributed by atoms with Crippen LogP contribution in [-0.4, -0.2) is 40.0 Å². The SMILES string of the molecule is Cc1cc(C(N)=S)cc(NC2CCN3CCCC3C2)n1. The summed E-state index contributed by atoms with van der Waals surface area (Å²) in [6.07, 6.45) is 5.11. The van der Waals surface area contributed by atoms with Crippen LogP contribution in [0, 0.1) is 6.92 Å². The minimum atomic E-state index is 0.434. The van der Waals surface area contributed by atoms with E-state index in [0.29, 0.717) is 11.0 Å².